The Hall–Kier alpha value is -0.0900. The normalized spacial score (nSPS) is 20.0. The van der Waals surface area contributed by atoms with E-state index in [9.17, 15) is 8.42 Å². The van der Waals surface area contributed by atoms with E-state index in [2.05, 4.69) is 27.4 Å². The Labute approximate surface area is 158 Å². The summed E-state index contributed by atoms with van der Waals surface area (Å²) in [6, 6.07) is 0.699. The van der Waals surface area contributed by atoms with Crippen molar-refractivity contribution in [3.05, 3.63) is 0 Å². The van der Waals surface area contributed by atoms with Crippen LogP contribution >= 0.6 is 24.0 Å². The van der Waals surface area contributed by atoms with Gasteiger partial charge in [0.05, 0.1) is 5.75 Å². The Morgan fingerprint density at radius 1 is 1.26 bits per heavy atom. The van der Waals surface area contributed by atoms with Gasteiger partial charge in [-0.05, 0) is 32.7 Å². The average molecular weight is 460 g/mol. The summed E-state index contributed by atoms with van der Waals surface area (Å²) in [7, 11) is -1.22. The van der Waals surface area contributed by atoms with Gasteiger partial charge in [0.1, 0.15) is 0 Å². The molecule has 1 rings (SSSR count). The van der Waals surface area contributed by atoms with Crippen LogP contribution in [0.5, 0.6) is 0 Å². The molecule has 0 bridgehead atoms. The molecule has 0 aromatic heterocycles. The number of guanidine groups is 1. The number of nitrogens with one attached hydrogen (secondary N) is 2. The van der Waals surface area contributed by atoms with Gasteiger partial charge in [0.25, 0.3) is 0 Å². The molecule has 8 heteroatoms. The summed E-state index contributed by atoms with van der Waals surface area (Å²) < 4.78 is 22.9. The Kier molecular flexibility index (Phi) is 12.2. The SMILES string of the molecule is CCS(=O)(=O)CCNC(=NC)NCCCN1CCCCC1C.I. The maximum absolute atomic E-state index is 11.4. The first-order valence-corrected chi connectivity index (χ1v) is 10.2. The van der Waals surface area contributed by atoms with Gasteiger partial charge in [-0.2, -0.15) is 0 Å². The zero-order valence-corrected chi connectivity index (χ0v) is 17.8. The lowest BCUT2D eigenvalue weighted by molar-refractivity contribution is 0.159. The molecule has 1 unspecified atom stereocenters. The molecule has 1 aliphatic rings. The van der Waals surface area contributed by atoms with Gasteiger partial charge in [-0.1, -0.05) is 13.3 Å². The minimum Gasteiger partial charge on any atom is -0.356 e. The highest BCUT2D eigenvalue weighted by Crippen LogP contribution is 2.15. The summed E-state index contributed by atoms with van der Waals surface area (Å²) in [5.41, 5.74) is 0. The van der Waals surface area contributed by atoms with Crippen LogP contribution in [0.4, 0.5) is 0 Å². The molecule has 0 aromatic rings. The van der Waals surface area contributed by atoms with Crippen molar-refractivity contribution in [1.82, 2.24) is 15.5 Å². The van der Waals surface area contributed by atoms with Crippen LogP contribution < -0.4 is 10.6 Å². The number of nitrogens with zero attached hydrogens (tertiary/aromatic N) is 2. The van der Waals surface area contributed by atoms with Crippen molar-refractivity contribution >= 4 is 39.8 Å². The van der Waals surface area contributed by atoms with Crippen molar-refractivity contribution in [2.45, 2.75) is 45.6 Å². The molecule has 1 atom stereocenters. The van der Waals surface area contributed by atoms with Gasteiger partial charge in [-0.3, -0.25) is 4.99 Å². The maximum Gasteiger partial charge on any atom is 0.191 e. The third-order valence-corrected chi connectivity index (χ3v) is 5.93. The van der Waals surface area contributed by atoms with Crippen molar-refractivity contribution in [3.8, 4) is 0 Å². The fraction of sp³-hybridized carbons (Fsp3) is 0.933. The lowest BCUT2D eigenvalue weighted by atomic mass is 10.0. The van der Waals surface area contributed by atoms with Gasteiger partial charge in [-0.15, -0.1) is 24.0 Å². The van der Waals surface area contributed by atoms with E-state index in [4.69, 9.17) is 0 Å². The first-order valence-electron chi connectivity index (χ1n) is 8.37. The molecule has 138 valence electrons. The number of sulfone groups is 1. The molecule has 1 saturated heterocycles. The van der Waals surface area contributed by atoms with Crippen LogP contribution in [0.2, 0.25) is 0 Å². The number of likely N-dealkylation sites (tertiary alicyclic amines) is 1. The Morgan fingerprint density at radius 3 is 2.57 bits per heavy atom. The molecule has 1 heterocycles. The van der Waals surface area contributed by atoms with Crippen LogP contribution in [0, 0.1) is 0 Å². The van der Waals surface area contributed by atoms with E-state index in [1.54, 1.807) is 14.0 Å². The van der Waals surface area contributed by atoms with Gasteiger partial charge >= 0.3 is 0 Å². The zero-order chi connectivity index (χ0) is 16.4. The van der Waals surface area contributed by atoms with Crippen LogP contribution in [-0.2, 0) is 9.84 Å². The topological polar surface area (TPSA) is 73.8 Å². The minimum atomic E-state index is -2.92. The van der Waals surface area contributed by atoms with E-state index in [-0.39, 0.29) is 35.5 Å². The summed E-state index contributed by atoms with van der Waals surface area (Å²) in [4.78, 5) is 6.67. The van der Waals surface area contributed by atoms with E-state index in [1.165, 1.54) is 25.8 Å². The second-order valence-electron chi connectivity index (χ2n) is 5.90. The number of hydrogen-bond acceptors (Lipinski definition) is 4. The largest absolute Gasteiger partial charge is 0.356 e. The third kappa shape index (κ3) is 9.71. The van der Waals surface area contributed by atoms with Gasteiger partial charge in [0.15, 0.2) is 15.8 Å². The standard InChI is InChI=1S/C15H32N4O2S.HI/c1-4-22(20,21)13-10-18-15(16-3)17-9-7-12-19-11-6-5-8-14(19)2;/h14H,4-13H2,1-3H3,(H2,16,17,18);1H. The van der Waals surface area contributed by atoms with E-state index >= 15 is 0 Å². The quantitative estimate of drug-likeness (QED) is 0.249. The summed E-state index contributed by atoms with van der Waals surface area (Å²) in [5.74, 6) is 1.02. The maximum atomic E-state index is 11.4. The van der Waals surface area contributed by atoms with Crippen LogP contribution in [0.3, 0.4) is 0 Å². The van der Waals surface area contributed by atoms with Crippen molar-refractivity contribution in [1.29, 1.82) is 0 Å². The fourth-order valence-electron chi connectivity index (χ4n) is 2.67. The van der Waals surface area contributed by atoms with Gasteiger partial charge in [0.2, 0.25) is 0 Å². The Morgan fingerprint density at radius 2 is 1.96 bits per heavy atom. The number of rotatable bonds is 8. The van der Waals surface area contributed by atoms with Crippen LogP contribution in [0.25, 0.3) is 0 Å². The molecule has 0 amide bonds. The van der Waals surface area contributed by atoms with Crippen LogP contribution in [-0.4, -0.2) is 70.1 Å². The highest BCUT2D eigenvalue weighted by molar-refractivity contribution is 14.0. The first-order chi connectivity index (χ1) is 10.5. The first kappa shape index (κ1) is 22.9. The van der Waals surface area contributed by atoms with Crippen molar-refractivity contribution < 1.29 is 8.42 Å². The summed E-state index contributed by atoms with van der Waals surface area (Å²) in [6.07, 6.45) is 5.04. The number of piperidine rings is 1. The van der Waals surface area contributed by atoms with Crippen molar-refractivity contribution in [2.24, 2.45) is 4.99 Å². The molecule has 0 saturated carbocycles. The van der Waals surface area contributed by atoms with E-state index < -0.39 is 9.84 Å². The minimum absolute atomic E-state index is 0. The fourth-order valence-corrected chi connectivity index (χ4v) is 3.37. The Bertz CT molecular complexity index is 443. The molecule has 0 aromatic carbocycles. The summed E-state index contributed by atoms with van der Waals surface area (Å²) >= 11 is 0. The lowest BCUT2D eigenvalue weighted by Gasteiger charge is -2.33. The second kappa shape index (κ2) is 12.3. The lowest BCUT2D eigenvalue weighted by Crippen LogP contribution is -2.42. The average Bonchev–Trinajstić information content (AvgIpc) is 2.51. The molecule has 6 nitrogen and oxygen atoms in total. The number of halogens is 1. The van der Waals surface area contributed by atoms with E-state index in [1.807, 2.05) is 0 Å². The molecule has 0 radical (unpaired) electrons. The molecule has 0 aliphatic carbocycles. The number of hydrogen-bond donors (Lipinski definition) is 2. The van der Waals surface area contributed by atoms with Gasteiger partial charge in [-0.25, -0.2) is 8.42 Å². The van der Waals surface area contributed by atoms with Crippen LogP contribution in [0.15, 0.2) is 4.99 Å². The van der Waals surface area contributed by atoms with Gasteiger partial charge in [0, 0.05) is 38.5 Å². The molecule has 0 spiro atoms. The van der Waals surface area contributed by atoms with E-state index in [0.29, 0.717) is 18.5 Å². The second-order valence-corrected chi connectivity index (χ2v) is 8.37. The predicted octanol–water partition coefficient (Wildman–Crippen LogP) is 1.47. The molecule has 23 heavy (non-hydrogen) atoms. The third-order valence-electron chi connectivity index (χ3n) is 4.22. The number of aliphatic imine (C=N–C) groups is 1. The summed E-state index contributed by atoms with van der Waals surface area (Å²) in [6.45, 7) is 7.55. The molecule has 2 N–H and O–H groups in total. The van der Waals surface area contributed by atoms with Crippen molar-refractivity contribution in [2.75, 3.05) is 44.7 Å². The predicted molar refractivity (Wildman–Crippen MR) is 109 cm³/mol. The molecular weight excluding hydrogens is 427 g/mol. The van der Waals surface area contributed by atoms with Crippen LogP contribution in [0.1, 0.15) is 39.5 Å². The highest BCUT2D eigenvalue weighted by atomic mass is 127. The van der Waals surface area contributed by atoms with Crippen molar-refractivity contribution in [3.63, 3.8) is 0 Å². The van der Waals surface area contributed by atoms with Gasteiger partial charge < -0.3 is 15.5 Å². The Balaban J connectivity index is 0.00000484. The zero-order valence-electron chi connectivity index (χ0n) is 14.7. The highest BCUT2D eigenvalue weighted by Gasteiger charge is 2.17. The monoisotopic (exact) mass is 460 g/mol. The summed E-state index contributed by atoms with van der Waals surface area (Å²) in [5, 5.41) is 6.30. The molecular formula is C15H33IN4O2S. The smallest absolute Gasteiger partial charge is 0.191 e. The van der Waals surface area contributed by atoms with E-state index in [0.717, 1.165) is 19.5 Å². The molecule has 1 aliphatic heterocycles. The molecule has 1 fully saturated rings.